The number of hydrogen-bond acceptors (Lipinski definition) is 7. The van der Waals surface area contributed by atoms with Gasteiger partial charge < -0.3 is 14.5 Å². The molecule has 0 aliphatic heterocycles. The summed E-state index contributed by atoms with van der Waals surface area (Å²) in [5, 5.41) is 13.5. The molecule has 0 atom stereocenters. The Bertz CT molecular complexity index is 1280. The number of H-pyrrole nitrogens is 1. The van der Waals surface area contributed by atoms with Gasteiger partial charge in [0.15, 0.2) is 11.5 Å². The van der Waals surface area contributed by atoms with E-state index in [-0.39, 0.29) is 40.8 Å². The molecule has 0 aromatic carbocycles. The normalized spacial score (nSPS) is 17.7. The van der Waals surface area contributed by atoms with E-state index in [1.54, 1.807) is 17.1 Å². The van der Waals surface area contributed by atoms with Crippen LogP contribution in [0.25, 0.3) is 22.8 Å². The minimum atomic E-state index is -0.862. The highest BCUT2D eigenvalue weighted by Crippen LogP contribution is 2.37. The predicted molar refractivity (Wildman–Crippen MR) is 111 cm³/mol. The Hall–Kier alpha value is -3.93. The summed E-state index contributed by atoms with van der Waals surface area (Å²) in [5.74, 6) is -2.02. The van der Waals surface area contributed by atoms with Gasteiger partial charge in [-0.25, -0.2) is 14.4 Å². The summed E-state index contributed by atoms with van der Waals surface area (Å²) in [6.07, 6.45) is 7.40. The Morgan fingerprint density at radius 1 is 1.30 bits per heavy atom. The number of nitrogens with zero attached hydrogens (tertiary/aromatic N) is 5. The number of pyridine rings is 1. The molecule has 0 spiro atoms. The van der Waals surface area contributed by atoms with E-state index in [2.05, 4.69) is 30.6 Å². The van der Waals surface area contributed by atoms with E-state index in [9.17, 15) is 13.6 Å². The third-order valence-electron chi connectivity index (χ3n) is 5.34. The molecule has 0 bridgehead atoms. The number of hydrogen-bond donors (Lipinski definition) is 2. The summed E-state index contributed by atoms with van der Waals surface area (Å²) in [5.41, 5.74) is 0.451. The van der Waals surface area contributed by atoms with Gasteiger partial charge in [0.1, 0.15) is 17.7 Å². The Kier molecular flexibility index (Phi) is 5.42. The van der Waals surface area contributed by atoms with Crippen LogP contribution in [-0.4, -0.2) is 48.6 Å². The number of amides is 1. The molecule has 0 radical (unpaired) electrons. The van der Waals surface area contributed by atoms with Crippen molar-refractivity contribution in [3.8, 4) is 22.8 Å². The number of oxazole rings is 1. The molecule has 1 aliphatic rings. The van der Waals surface area contributed by atoms with Gasteiger partial charge in [-0.1, -0.05) is 0 Å². The molecule has 1 saturated carbocycles. The van der Waals surface area contributed by atoms with Gasteiger partial charge in [-0.15, -0.1) is 0 Å². The fraction of sp³-hybridized carbons (Fsp3) is 0.286. The van der Waals surface area contributed by atoms with Crippen LogP contribution in [0, 0.1) is 11.8 Å². The van der Waals surface area contributed by atoms with Gasteiger partial charge in [-0.05, 0) is 31.9 Å². The van der Waals surface area contributed by atoms with Crippen LogP contribution in [0.15, 0.2) is 41.4 Å². The van der Waals surface area contributed by atoms with Crippen LogP contribution in [0.1, 0.15) is 36.3 Å². The maximum Gasteiger partial charge on any atom is 0.277 e. The second-order valence-electron chi connectivity index (χ2n) is 7.52. The van der Waals surface area contributed by atoms with E-state index in [0.29, 0.717) is 12.2 Å². The minimum Gasteiger partial charge on any atom is -0.444 e. The van der Waals surface area contributed by atoms with Crippen LogP contribution >= 0.6 is 0 Å². The first-order valence-corrected chi connectivity index (χ1v) is 10.3. The lowest BCUT2D eigenvalue weighted by molar-refractivity contribution is -0.0226. The summed E-state index contributed by atoms with van der Waals surface area (Å²) in [6.45, 7) is 2.53. The lowest BCUT2D eigenvalue weighted by Crippen LogP contribution is -2.33. The molecule has 4 aromatic rings. The van der Waals surface area contributed by atoms with Crippen molar-refractivity contribution in [2.45, 2.75) is 31.9 Å². The van der Waals surface area contributed by atoms with Crippen molar-refractivity contribution >= 4 is 11.6 Å². The molecule has 2 N–H and O–H groups in total. The summed E-state index contributed by atoms with van der Waals surface area (Å²) < 4.78 is 40.8. The number of nitrogens with one attached hydrogen (secondary N) is 2. The molecular weight excluding hydrogens is 436 g/mol. The Balaban J connectivity index is 1.44. The van der Waals surface area contributed by atoms with Crippen molar-refractivity contribution in [1.29, 1.82) is 0 Å². The largest absolute Gasteiger partial charge is 0.444 e. The van der Waals surface area contributed by atoms with E-state index in [1.165, 1.54) is 12.5 Å². The fourth-order valence-electron chi connectivity index (χ4n) is 3.62. The topological polar surface area (TPSA) is 124 Å². The molecule has 4 heterocycles. The van der Waals surface area contributed by atoms with Crippen LogP contribution in [0.2, 0.25) is 0 Å². The molecule has 12 heteroatoms. The van der Waals surface area contributed by atoms with Gasteiger partial charge in [-0.3, -0.25) is 14.6 Å². The van der Waals surface area contributed by atoms with Crippen LogP contribution in [-0.2, 0) is 4.74 Å². The van der Waals surface area contributed by atoms with Crippen molar-refractivity contribution in [1.82, 2.24) is 29.9 Å². The van der Waals surface area contributed by atoms with Crippen molar-refractivity contribution < 1.29 is 22.7 Å². The first-order chi connectivity index (χ1) is 16.0. The SMILES string of the molecule is CCO[C@H]1C[C@@H](n2cc(NC(=O)c3coc(-c4cn[nH]c4)n3)c(-c3nc(F)ccc3F)n2)C1. The third kappa shape index (κ3) is 4.12. The maximum atomic E-state index is 14.5. The van der Waals surface area contributed by atoms with E-state index in [4.69, 9.17) is 9.15 Å². The fourth-order valence-corrected chi connectivity index (χ4v) is 3.62. The lowest BCUT2D eigenvalue weighted by atomic mass is 9.89. The summed E-state index contributed by atoms with van der Waals surface area (Å²) in [6, 6.07) is 1.88. The van der Waals surface area contributed by atoms with Crippen molar-refractivity contribution in [3.05, 3.63) is 54.4 Å². The van der Waals surface area contributed by atoms with E-state index in [1.807, 2.05) is 6.92 Å². The van der Waals surface area contributed by atoms with Crippen molar-refractivity contribution in [2.75, 3.05) is 11.9 Å². The molecule has 4 aromatic heterocycles. The summed E-state index contributed by atoms with van der Waals surface area (Å²) >= 11 is 0. The minimum absolute atomic E-state index is 0.00214. The van der Waals surface area contributed by atoms with Crippen LogP contribution in [0.4, 0.5) is 14.5 Å². The average Bonchev–Trinajstić information content (AvgIpc) is 3.52. The van der Waals surface area contributed by atoms with Crippen LogP contribution < -0.4 is 5.32 Å². The molecule has 1 fully saturated rings. The van der Waals surface area contributed by atoms with E-state index in [0.717, 1.165) is 25.0 Å². The van der Waals surface area contributed by atoms with Gasteiger partial charge in [0, 0.05) is 19.0 Å². The van der Waals surface area contributed by atoms with Crippen LogP contribution in [0.3, 0.4) is 0 Å². The number of halogens is 2. The molecule has 1 amide bonds. The number of rotatable bonds is 7. The Morgan fingerprint density at radius 3 is 2.91 bits per heavy atom. The number of carbonyl (C=O) groups is 1. The molecule has 0 unspecified atom stereocenters. The average molecular weight is 455 g/mol. The van der Waals surface area contributed by atoms with Crippen molar-refractivity contribution in [3.63, 3.8) is 0 Å². The second-order valence-corrected chi connectivity index (χ2v) is 7.52. The highest BCUT2D eigenvalue weighted by molar-refractivity contribution is 6.04. The third-order valence-corrected chi connectivity index (χ3v) is 5.34. The first-order valence-electron chi connectivity index (χ1n) is 10.3. The molecule has 0 saturated heterocycles. The standard InChI is InChI=1S/C21H19F2N7O3/c1-2-32-13-5-12(6-13)30-9-15(19(29-30)18-14(22)3-4-17(23)28-18)26-20(31)16-10-33-21(27-16)11-7-24-25-8-11/h3-4,7-10,12-13H,2,5-6H2,1H3,(H,24,25)(H,26,31)/t12-,13+. The number of ether oxygens (including phenoxy) is 1. The number of aromatic nitrogens is 6. The molecule has 170 valence electrons. The zero-order valence-electron chi connectivity index (χ0n) is 17.5. The summed E-state index contributed by atoms with van der Waals surface area (Å²) in [4.78, 5) is 20.6. The van der Waals surface area contributed by atoms with Crippen LogP contribution in [0.5, 0.6) is 0 Å². The van der Waals surface area contributed by atoms with Gasteiger partial charge >= 0.3 is 0 Å². The van der Waals surface area contributed by atoms with Gasteiger partial charge in [0.25, 0.3) is 5.91 Å². The van der Waals surface area contributed by atoms with Gasteiger partial charge in [0.2, 0.25) is 11.8 Å². The molecule has 10 nitrogen and oxygen atoms in total. The molecule has 5 rings (SSSR count). The van der Waals surface area contributed by atoms with E-state index >= 15 is 0 Å². The highest BCUT2D eigenvalue weighted by atomic mass is 19.1. The molecule has 33 heavy (non-hydrogen) atoms. The summed E-state index contributed by atoms with van der Waals surface area (Å²) in [7, 11) is 0. The maximum absolute atomic E-state index is 14.5. The van der Waals surface area contributed by atoms with Gasteiger partial charge in [-0.2, -0.15) is 14.6 Å². The van der Waals surface area contributed by atoms with Gasteiger partial charge in [0.05, 0.1) is 29.6 Å². The molecule has 1 aliphatic carbocycles. The Morgan fingerprint density at radius 2 is 2.15 bits per heavy atom. The zero-order chi connectivity index (χ0) is 22.9. The quantitative estimate of drug-likeness (QED) is 0.408. The predicted octanol–water partition coefficient (Wildman–Crippen LogP) is 3.59. The number of anilines is 1. The highest BCUT2D eigenvalue weighted by Gasteiger charge is 2.33. The monoisotopic (exact) mass is 455 g/mol. The number of aromatic amines is 1. The lowest BCUT2D eigenvalue weighted by Gasteiger charge is -2.34. The smallest absolute Gasteiger partial charge is 0.277 e. The number of carbonyl (C=O) groups excluding carboxylic acids is 1. The zero-order valence-corrected chi connectivity index (χ0v) is 17.5. The first kappa shape index (κ1) is 20.9. The van der Waals surface area contributed by atoms with Crippen molar-refractivity contribution in [2.24, 2.45) is 0 Å². The van der Waals surface area contributed by atoms with E-state index < -0.39 is 17.7 Å². The molecular formula is C21H19F2N7O3. The Labute approximate surface area is 186 Å². The second kappa shape index (κ2) is 8.54.